The fourth-order valence-electron chi connectivity index (χ4n) is 6.49. The molecule has 0 aliphatic carbocycles. The van der Waals surface area contributed by atoms with Crippen LogP contribution < -0.4 is 0 Å². The fraction of sp³-hybridized carbons (Fsp3) is 0.414. The number of para-hydroxylation sites is 1. The van der Waals surface area contributed by atoms with E-state index in [9.17, 15) is 0 Å². The van der Waals surface area contributed by atoms with Crippen molar-refractivity contribution in [2.45, 2.75) is 45.6 Å². The summed E-state index contributed by atoms with van der Waals surface area (Å²) >= 11 is 1.57. The quantitative estimate of drug-likeness (QED) is 0.304. The molecule has 0 amide bonds. The van der Waals surface area contributed by atoms with Gasteiger partial charge in [0, 0.05) is 23.0 Å². The van der Waals surface area contributed by atoms with Crippen LogP contribution in [-0.2, 0) is 11.2 Å². The number of aromatic nitrogens is 1. The van der Waals surface area contributed by atoms with Crippen molar-refractivity contribution >= 4 is 39.3 Å². The predicted octanol–water partition coefficient (Wildman–Crippen LogP) is 6.96. The first kappa shape index (κ1) is 22.0. The summed E-state index contributed by atoms with van der Waals surface area (Å²) in [6.07, 6.45) is 9.43. The van der Waals surface area contributed by atoms with E-state index in [4.69, 9.17) is 9.73 Å². The number of thioether (sulfide) groups is 1. The third-order valence-corrected chi connectivity index (χ3v) is 8.66. The van der Waals surface area contributed by atoms with Crippen LogP contribution in [0, 0.1) is 12.3 Å². The van der Waals surface area contributed by atoms with Gasteiger partial charge < -0.3 is 9.30 Å². The predicted molar refractivity (Wildman–Crippen MR) is 144 cm³/mol. The number of aryl methyl sites for hydroxylation is 1. The number of ether oxygens (including phenoxy) is 1. The minimum absolute atomic E-state index is 0.185. The van der Waals surface area contributed by atoms with Gasteiger partial charge in [-0.2, -0.15) is 0 Å². The molecule has 4 nitrogen and oxygen atoms in total. The molecule has 0 spiro atoms. The second-order valence-corrected chi connectivity index (χ2v) is 10.7. The molecule has 0 saturated carbocycles. The van der Waals surface area contributed by atoms with E-state index in [1.54, 1.807) is 17.3 Å². The van der Waals surface area contributed by atoms with Crippen LogP contribution in [0.2, 0.25) is 0 Å². The molecule has 176 valence electrons. The van der Waals surface area contributed by atoms with Gasteiger partial charge in [0.2, 0.25) is 0 Å². The van der Waals surface area contributed by atoms with E-state index in [-0.39, 0.29) is 5.41 Å². The van der Waals surface area contributed by atoms with Crippen LogP contribution in [0.25, 0.3) is 16.6 Å². The van der Waals surface area contributed by atoms with Crippen LogP contribution in [0.1, 0.15) is 49.0 Å². The van der Waals surface area contributed by atoms with E-state index in [1.165, 1.54) is 53.8 Å². The Morgan fingerprint density at radius 2 is 1.97 bits per heavy atom. The zero-order chi connectivity index (χ0) is 23.3. The Labute approximate surface area is 206 Å². The molecule has 0 unspecified atom stereocenters. The van der Waals surface area contributed by atoms with E-state index < -0.39 is 0 Å². The lowest BCUT2D eigenvalue weighted by Gasteiger charge is -2.53. The van der Waals surface area contributed by atoms with Gasteiger partial charge in [0.1, 0.15) is 6.61 Å². The fourth-order valence-corrected chi connectivity index (χ4v) is 6.86. The summed E-state index contributed by atoms with van der Waals surface area (Å²) in [5.41, 5.74) is 8.03. The van der Waals surface area contributed by atoms with Gasteiger partial charge in [-0.3, -0.25) is 4.90 Å². The number of rotatable bonds is 4. The summed E-state index contributed by atoms with van der Waals surface area (Å²) in [5.74, 6) is 0. The van der Waals surface area contributed by atoms with Crippen molar-refractivity contribution in [2.24, 2.45) is 10.4 Å². The molecule has 2 aromatic carbocycles. The molecule has 3 aliphatic rings. The Hall–Kier alpha value is -2.50. The van der Waals surface area contributed by atoms with Crippen molar-refractivity contribution in [3.63, 3.8) is 0 Å². The molecule has 34 heavy (non-hydrogen) atoms. The number of aliphatic imine (C=N–C) groups is 1. The molecule has 1 saturated heterocycles. The standard InChI is InChI=1S/C29H33N3OS/c1-4-29-15-7-16-31-17-14-24-23-8-5-6-9-25(23)32(26(24)27(29)31)22(18-29)19-33-28(34-3)30-21-12-10-20(2)11-13-21/h5-6,8-13,18,27H,4,7,14-17,19H2,1-3H3/t27-,29+/m1/s1. The SMILES string of the molecule is CC[C@@]12C=C(COC(=Nc3ccc(C)cc3)SC)n3c4c(c5ccccc53)CCN(CCC1)[C@H]42. The zero-order valence-corrected chi connectivity index (χ0v) is 21.2. The molecule has 3 aromatic rings. The number of piperidine rings is 1. The summed E-state index contributed by atoms with van der Waals surface area (Å²) < 4.78 is 8.94. The minimum Gasteiger partial charge on any atom is -0.466 e. The van der Waals surface area contributed by atoms with Crippen LogP contribution in [0.3, 0.4) is 0 Å². The molecule has 0 N–H and O–H groups in total. The van der Waals surface area contributed by atoms with E-state index in [0.717, 1.165) is 18.5 Å². The monoisotopic (exact) mass is 471 g/mol. The maximum atomic E-state index is 6.40. The van der Waals surface area contributed by atoms with Crippen LogP contribution in [-0.4, -0.2) is 40.6 Å². The summed E-state index contributed by atoms with van der Waals surface area (Å²) in [6, 6.07) is 17.7. The second-order valence-electron chi connectivity index (χ2n) is 9.94. The van der Waals surface area contributed by atoms with Gasteiger partial charge in [0.05, 0.1) is 22.9 Å². The molecule has 1 fully saturated rings. The average molecular weight is 472 g/mol. The molecule has 0 radical (unpaired) electrons. The molecule has 1 aromatic heterocycles. The van der Waals surface area contributed by atoms with E-state index >= 15 is 0 Å². The van der Waals surface area contributed by atoms with E-state index in [2.05, 4.69) is 77.9 Å². The smallest absolute Gasteiger partial charge is 0.251 e. The van der Waals surface area contributed by atoms with Crippen LogP contribution >= 0.6 is 11.8 Å². The molecular weight excluding hydrogens is 438 g/mol. The number of hydrogen-bond donors (Lipinski definition) is 0. The molecule has 4 heterocycles. The zero-order valence-electron chi connectivity index (χ0n) is 20.4. The normalized spacial score (nSPS) is 24.1. The highest BCUT2D eigenvalue weighted by Crippen LogP contribution is 2.56. The Morgan fingerprint density at radius 1 is 1.15 bits per heavy atom. The van der Waals surface area contributed by atoms with Gasteiger partial charge in [-0.1, -0.05) is 60.7 Å². The first-order valence-corrected chi connectivity index (χ1v) is 13.8. The largest absolute Gasteiger partial charge is 0.466 e. The lowest BCUT2D eigenvalue weighted by Crippen LogP contribution is -2.50. The highest BCUT2D eigenvalue weighted by atomic mass is 32.2. The molecule has 2 atom stereocenters. The number of hydrogen-bond acceptors (Lipinski definition) is 4. The lowest BCUT2D eigenvalue weighted by atomic mass is 9.66. The third kappa shape index (κ3) is 3.44. The topological polar surface area (TPSA) is 29.8 Å². The highest BCUT2D eigenvalue weighted by molar-refractivity contribution is 8.12. The Balaban J connectivity index is 1.43. The van der Waals surface area contributed by atoms with Crippen molar-refractivity contribution in [1.29, 1.82) is 0 Å². The van der Waals surface area contributed by atoms with Gasteiger partial charge in [-0.05, 0) is 69.2 Å². The van der Waals surface area contributed by atoms with Crippen molar-refractivity contribution < 1.29 is 4.74 Å². The molecular formula is C29H33N3OS. The Morgan fingerprint density at radius 3 is 2.76 bits per heavy atom. The number of fused-ring (bicyclic) bond motifs is 3. The second kappa shape index (κ2) is 8.62. The van der Waals surface area contributed by atoms with Gasteiger partial charge in [-0.15, -0.1) is 0 Å². The molecule has 5 heteroatoms. The lowest BCUT2D eigenvalue weighted by molar-refractivity contribution is 0.0264. The van der Waals surface area contributed by atoms with Gasteiger partial charge in [0.15, 0.2) is 0 Å². The highest BCUT2D eigenvalue weighted by Gasteiger charge is 2.50. The first-order valence-electron chi connectivity index (χ1n) is 12.5. The number of nitrogens with zero attached hydrogens (tertiary/aromatic N) is 3. The Kier molecular flexibility index (Phi) is 5.57. The summed E-state index contributed by atoms with van der Waals surface area (Å²) in [5, 5.41) is 2.13. The summed E-state index contributed by atoms with van der Waals surface area (Å²) in [4.78, 5) is 7.54. The van der Waals surface area contributed by atoms with Crippen molar-refractivity contribution in [2.75, 3.05) is 26.0 Å². The van der Waals surface area contributed by atoms with Gasteiger partial charge >= 0.3 is 0 Å². The van der Waals surface area contributed by atoms with Crippen LogP contribution in [0.15, 0.2) is 59.6 Å². The summed E-state index contributed by atoms with van der Waals surface area (Å²) in [7, 11) is 0. The van der Waals surface area contributed by atoms with Gasteiger partial charge in [0.25, 0.3) is 5.23 Å². The maximum absolute atomic E-state index is 6.40. The minimum atomic E-state index is 0.185. The van der Waals surface area contributed by atoms with E-state index in [1.807, 2.05) is 6.26 Å². The maximum Gasteiger partial charge on any atom is 0.251 e. The van der Waals surface area contributed by atoms with Gasteiger partial charge in [-0.25, -0.2) is 4.99 Å². The summed E-state index contributed by atoms with van der Waals surface area (Å²) in [6.45, 7) is 7.39. The van der Waals surface area contributed by atoms with Crippen LogP contribution in [0.5, 0.6) is 0 Å². The number of benzene rings is 2. The van der Waals surface area contributed by atoms with Crippen molar-refractivity contribution in [3.05, 3.63) is 71.4 Å². The first-order chi connectivity index (χ1) is 16.6. The molecule has 0 bridgehead atoms. The average Bonchev–Trinajstić information content (AvgIpc) is 3.22. The van der Waals surface area contributed by atoms with Crippen molar-refractivity contribution in [1.82, 2.24) is 9.47 Å². The molecule has 6 rings (SSSR count). The third-order valence-electron chi connectivity index (χ3n) is 8.10. The van der Waals surface area contributed by atoms with E-state index in [0.29, 0.717) is 17.9 Å². The Bertz CT molecular complexity index is 1290. The molecule has 3 aliphatic heterocycles. The van der Waals surface area contributed by atoms with Crippen LogP contribution in [0.4, 0.5) is 5.69 Å². The van der Waals surface area contributed by atoms with Crippen molar-refractivity contribution in [3.8, 4) is 0 Å².